The Labute approximate surface area is 121 Å². The summed E-state index contributed by atoms with van der Waals surface area (Å²) in [6.45, 7) is 5.75. The van der Waals surface area contributed by atoms with Gasteiger partial charge in [0.2, 0.25) is 0 Å². The largest absolute Gasteiger partial charge is 0.468 e. The zero-order valence-corrected chi connectivity index (χ0v) is 12.3. The van der Waals surface area contributed by atoms with Crippen molar-refractivity contribution in [3.63, 3.8) is 0 Å². The van der Waals surface area contributed by atoms with Crippen LogP contribution in [0.4, 0.5) is 0 Å². The van der Waals surface area contributed by atoms with E-state index in [1.165, 1.54) is 51.7 Å². The van der Waals surface area contributed by atoms with E-state index in [1.807, 2.05) is 6.07 Å². The molecular formula is C16H27N3O. The first-order valence-electron chi connectivity index (χ1n) is 8.15. The quantitative estimate of drug-likeness (QED) is 0.865. The molecule has 3 heterocycles. The van der Waals surface area contributed by atoms with Gasteiger partial charge in [0, 0.05) is 12.6 Å². The van der Waals surface area contributed by atoms with Gasteiger partial charge in [0.25, 0.3) is 0 Å². The third kappa shape index (κ3) is 3.62. The zero-order chi connectivity index (χ0) is 13.6. The van der Waals surface area contributed by atoms with Gasteiger partial charge in [-0.25, -0.2) is 0 Å². The van der Waals surface area contributed by atoms with Crippen molar-refractivity contribution in [1.82, 2.24) is 15.5 Å². The second-order valence-corrected chi connectivity index (χ2v) is 6.06. The van der Waals surface area contributed by atoms with E-state index < -0.39 is 0 Å². The molecule has 0 radical (unpaired) electrons. The predicted molar refractivity (Wildman–Crippen MR) is 80.8 cm³/mol. The lowest BCUT2D eigenvalue weighted by atomic mass is 10.1. The van der Waals surface area contributed by atoms with Crippen LogP contribution >= 0.6 is 0 Å². The molecule has 0 spiro atoms. The van der Waals surface area contributed by atoms with E-state index in [1.54, 1.807) is 6.26 Å². The molecule has 2 saturated heterocycles. The average Bonchev–Trinajstić information content (AvgIpc) is 3.11. The molecule has 2 unspecified atom stereocenters. The van der Waals surface area contributed by atoms with Gasteiger partial charge < -0.3 is 15.1 Å². The fourth-order valence-corrected chi connectivity index (χ4v) is 3.45. The van der Waals surface area contributed by atoms with Gasteiger partial charge in [-0.2, -0.15) is 0 Å². The smallest absolute Gasteiger partial charge is 0.122 e. The second kappa shape index (κ2) is 7.25. The molecule has 0 amide bonds. The summed E-state index contributed by atoms with van der Waals surface area (Å²) in [5.41, 5.74) is 0. The van der Waals surface area contributed by atoms with Crippen molar-refractivity contribution in [2.75, 3.05) is 32.7 Å². The first-order chi connectivity index (χ1) is 9.93. The highest BCUT2D eigenvalue weighted by Gasteiger charge is 2.26. The molecule has 4 nitrogen and oxygen atoms in total. The first-order valence-corrected chi connectivity index (χ1v) is 8.15. The number of nitrogens with one attached hydrogen (secondary N) is 2. The van der Waals surface area contributed by atoms with Crippen LogP contribution in [0.25, 0.3) is 0 Å². The maximum atomic E-state index is 5.68. The number of hydrogen-bond acceptors (Lipinski definition) is 4. The van der Waals surface area contributed by atoms with Crippen molar-refractivity contribution in [2.45, 2.75) is 44.2 Å². The van der Waals surface area contributed by atoms with Crippen LogP contribution in [0, 0.1) is 0 Å². The van der Waals surface area contributed by atoms with Crippen LogP contribution in [-0.4, -0.2) is 43.7 Å². The summed E-state index contributed by atoms with van der Waals surface area (Å²) in [5.74, 6) is 1.12. The lowest BCUT2D eigenvalue weighted by molar-refractivity contribution is 0.203. The third-order valence-electron chi connectivity index (χ3n) is 4.63. The highest BCUT2D eigenvalue weighted by molar-refractivity contribution is 5.06. The SMILES string of the molecule is c1coc(C(CNC2CCCNCC2)N2CCCC2)c1. The molecular weight excluding hydrogens is 250 g/mol. The van der Waals surface area contributed by atoms with E-state index >= 15 is 0 Å². The molecule has 2 aliphatic rings. The van der Waals surface area contributed by atoms with Crippen LogP contribution in [0.3, 0.4) is 0 Å². The average molecular weight is 277 g/mol. The summed E-state index contributed by atoms with van der Waals surface area (Å²) < 4.78 is 5.68. The lowest BCUT2D eigenvalue weighted by Gasteiger charge is -2.28. The summed E-state index contributed by atoms with van der Waals surface area (Å²) in [4.78, 5) is 2.57. The Kier molecular flexibility index (Phi) is 5.12. The topological polar surface area (TPSA) is 40.4 Å². The van der Waals surface area contributed by atoms with Crippen molar-refractivity contribution in [3.8, 4) is 0 Å². The molecule has 20 heavy (non-hydrogen) atoms. The summed E-state index contributed by atoms with van der Waals surface area (Å²) in [7, 11) is 0. The minimum atomic E-state index is 0.406. The van der Waals surface area contributed by atoms with Crippen molar-refractivity contribution >= 4 is 0 Å². The van der Waals surface area contributed by atoms with Gasteiger partial charge >= 0.3 is 0 Å². The van der Waals surface area contributed by atoms with Gasteiger partial charge in [0.05, 0.1) is 12.3 Å². The number of likely N-dealkylation sites (tertiary alicyclic amines) is 1. The van der Waals surface area contributed by atoms with Gasteiger partial charge in [-0.1, -0.05) is 0 Å². The van der Waals surface area contributed by atoms with Crippen LogP contribution in [0.2, 0.25) is 0 Å². The molecule has 0 bridgehead atoms. The van der Waals surface area contributed by atoms with Gasteiger partial charge in [-0.3, -0.25) is 4.90 Å². The van der Waals surface area contributed by atoms with Crippen LogP contribution < -0.4 is 10.6 Å². The minimum absolute atomic E-state index is 0.406. The number of nitrogens with zero attached hydrogens (tertiary/aromatic N) is 1. The fourth-order valence-electron chi connectivity index (χ4n) is 3.45. The molecule has 112 valence electrons. The third-order valence-corrected chi connectivity index (χ3v) is 4.63. The Morgan fingerprint density at radius 1 is 1.25 bits per heavy atom. The number of rotatable bonds is 5. The van der Waals surface area contributed by atoms with Gasteiger partial charge in [-0.05, 0) is 70.4 Å². The molecule has 2 aliphatic heterocycles. The van der Waals surface area contributed by atoms with Crippen molar-refractivity contribution < 1.29 is 4.42 Å². The Morgan fingerprint density at radius 2 is 2.15 bits per heavy atom. The van der Waals surface area contributed by atoms with E-state index in [0.29, 0.717) is 12.1 Å². The second-order valence-electron chi connectivity index (χ2n) is 6.06. The summed E-state index contributed by atoms with van der Waals surface area (Å²) in [6, 6.07) is 5.20. The number of hydrogen-bond donors (Lipinski definition) is 2. The van der Waals surface area contributed by atoms with Crippen LogP contribution in [0.5, 0.6) is 0 Å². The summed E-state index contributed by atoms with van der Waals surface area (Å²) in [6.07, 6.45) is 8.26. The summed E-state index contributed by atoms with van der Waals surface area (Å²) >= 11 is 0. The van der Waals surface area contributed by atoms with Gasteiger partial charge in [-0.15, -0.1) is 0 Å². The molecule has 4 heteroatoms. The lowest BCUT2D eigenvalue weighted by Crippen LogP contribution is -2.39. The number of furan rings is 1. The van der Waals surface area contributed by atoms with Crippen LogP contribution in [-0.2, 0) is 0 Å². The zero-order valence-electron chi connectivity index (χ0n) is 12.3. The minimum Gasteiger partial charge on any atom is -0.468 e. The van der Waals surface area contributed by atoms with Crippen LogP contribution in [0.1, 0.15) is 43.9 Å². The highest BCUT2D eigenvalue weighted by Crippen LogP contribution is 2.25. The van der Waals surface area contributed by atoms with Crippen LogP contribution in [0.15, 0.2) is 22.8 Å². The van der Waals surface area contributed by atoms with Gasteiger partial charge in [0.15, 0.2) is 0 Å². The molecule has 2 N–H and O–H groups in total. The van der Waals surface area contributed by atoms with E-state index in [2.05, 4.69) is 21.6 Å². The molecule has 2 atom stereocenters. The van der Waals surface area contributed by atoms with Crippen molar-refractivity contribution in [3.05, 3.63) is 24.2 Å². The Hall–Kier alpha value is -0.840. The predicted octanol–water partition coefficient (Wildman–Crippen LogP) is 2.15. The maximum absolute atomic E-state index is 5.68. The highest BCUT2D eigenvalue weighted by atomic mass is 16.3. The molecule has 3 rings (SSSR count). The molecule has 0 aromatic carbocycles. The Bertz CT molecular complexity index is 365. The van der Waals surface area contributed by atoms with Gasteiger partial charge in [0.1, 0.15) is 5.76 Å². The first kappa shape index (κ1) is 14.1. The molecule has 0 saturated carbocycles. The van der Waals surface area contributed by atoms with E-state index in [9.17, 15) is 0 Å². The Morgan fingerprint density at radius 3 is 2.95 bits per heavy atom. The molecule has 2 fully saturated rings. The Balaban J connectivity index is 1.58. The summed E-state index contributed by atoms with van der Waals surface area (Å²) in [5, 5.41) is 7.26. The molecule has 1 aromatic heterocycles. The standard InChI is InChI=1S/C16H27N3O/c1-2-11-19(10-1)15(16-6-4-12-20-16)13-18-14-5-3-8-17-9-7-14/h4,6,12,14-15,17-18H,1-3,5,7-11,13H2. The van der Waals surface area contributed by atoms with E-state index in [4.69, 9.17) is 4.42 Å². The van der Waals surface area contributed by atoms with E-state index in [0.717, 1.165) is 18.8 Å². The fraction of sp³-hybridized carbons (Fsp3) is 0.750. The molecule has 1 aromatic rings. The maximum Gasteiger partial charge on any atom is 0.122 e. The molecule has 0 aliphatic carbocycles. The normalized spacial score (nSPS) is 26.5. The van der Waals surface area contributed by atoms with Crippen molar-refractivity contribution in [1.29, 1.82) is 0 Å². The monoisotopic (exact) mass is 277 g/mol. The van der Waals surface area contributed by atoms with E-state index in [-0.39, 0.29) is 0 Å². The van der Waals surface area contributed by atoms with Crippen molar-refractivity contribution in [2.24, 2.45) is 0 Å².